The van der Waals surface area contributed by atoms with Crippen molar-refractivity contribution in [2.24, 2.45) is 5.18 Å². The lowest BCUT2D eigenvalue weighted by Crippen LogP contribution is -1.92. The SMILES string of the molecule is Cc1cccc(-c2ccc(F)c(N=O)c2F)n1. The third-order valence-corrected chi connectivity index (χ3v) is 2.32. The van der Waals surface area contributed by atoms with Crippen LogP contribution >= 0.6 is 0 Å². The van der Waals surface area contributed by atoms with E-state index in [1.54, 1.807) is 25.1 Å². The van der Waals surface area contributed by atoms with Gasteiger partial charge in [-0.2, -0.15) is 0 Å². The fraction of sp³-hybridized carbons (Fsp3) is 0.0833. The molecule has 0 radical (unpaired) electrons. The number of nitroso groups, excluding NO2 is 1. The molecule has 0 aliphatic carbocycles. The van der Waals surface area contributed by atoms with Crippen LogP contribution in [0.25, 0.3) is 11.3 Å². The van der Waals surface area contributed by atoms with Gasteiger partial charge in [0.15, 0.2) is 17.3 Å². The van der Waals surface area contributed by atoms with Crippen molar-refractivity contribution in [1.29, 1.82) is 0 Å². The van der Waals surface area contributed by atoms with Gasteiger partial charge in [0.2, 0.25) is 0 Å². The molecule has 86 valence electrons. The van der Waals surface area contributed by atoms with Gasteiger partial charge in [-0.3, -0.25) is 4.98 Å². The van der Waals surface area contributed by atoms with Gasteiger partial charge >= 0.3 is 0 Å². The van der Waals surface area contributed by atoms with E-state index in [0.29, 0.717) is 11.4 Å². The van der Waals surface area contributed by atoms with Crippen molar-refractivity contribution in [2.75, 3.05) is 0 Å². The summed E-state index contributed by atoms with van der Waals surface area (Å²) >= 11 is 0. The van der Waals surface area contributed by atoms with Crippen molar-refractivity contribution in [2.45, 2.75) is 6.92 Å². The van der Waals surface area contributed by atoms with Crippen LogP contribution in [0.3, 0.4) is 0 Å². The van der Waals surface area contributed by atoms with Crippen LogP contribution in [-0.4, -0.2) is 4.98 Å². The molecular weight excluding hydrogens is 226 g/mol. The third kappa shape index (κ3) is 2.04. The number of aryl methyl sites for hydroxylation is 1. The Bertz CT molecular complexity index is 585. The monoisotopic (exact) mass is 234 g/mol. The van der Waals surface area contributed by atoms with Crippen molar-refractivity contribution >= 4 is 5.69 Å². The highest BCUT2D eigenvalue weighted by Gasteiger charge is 2.16. The second-order valence-electron chi connectivity index (χ2n) is 3.51. The molecule has 0 fully saturated rings. The average Bonchev–Trinajstić information content (AvgIpc) is 2.29. The maximum Gasteiger partial charge on any atom is 0.179 e. The van der Waals surface area contributed by atoms with Crippen LogP contribution in [0.4, 0.5) is 14.5 Å². The van der Waals surface area contributed by atoms with E-state index >= 15 is 0 Å². The minimum Gasteiger partial charge on any atom is -0.253 e. The van der Waals surface area contributed by atoms with E-state index in [-0.39, 0.29) is 5.56 Å². The predicted octanol–water partition coefficient (Wildman–Crippen LogP) is 3.73. The molecule has 0 aliphatic rings. The first kappa shape index (κ1) is 11.3. The van der Waals surface area contributed by atoms with Gasteiger partial charge in [0.1, 0.15) is 0 Å². The molecule has 0 amide bonds. The lowest BCUT2D eigenvalue weighted by molar-refractivity contribution is 0.589. The van der Waals surface area contributed by atoms with E-state index in [9.17, 15) is 13.7 Å². The van der Waals surface area contributed by atoms with Crippen LogP contribution in [0, 0.1) is 23.5 Å². The summed E-state index contributed by atoms with van der Waals surface area (Å²) in [5.41, 5.74) is 0.287. The fourth-order valence-corrected chi connectivity index (χ4v) is 1.52. The van der Waals surface area contributed by atoms with Crippen molar-refractivity contribution < 1.29 is 8.78 Å². The van der Waals surface area contributed by atoms with Crippen LogP contribution in [0.15, 0.2) is 35.5 Å². The van der Waals surface area contributed by atoms with E-state index in [4.69, 9.17) is 0 Å². The van der Waals surface area contributed by atoms with Crippen LogP contribution in [0.5, 0.6) is 0 Å². The fourth-order valence-electron chi connectivity index (χ4n) is 1.52. The number of hydrogen-bond donors (Lipinski definition) is 0. The van der Waals surface area contributed by atoms with Crippen LogP contribution < -0.4 is 0 Å². The highest BCUT2D eigenvalue weighted by atomic mass is 19.1. The van der Waals surface area contributed by atoms with Crippen molar-refractivity contribution in [3.8, 4) is 11.3 Å². The normalized spacial score (nSPS) is 10.3. The molecule has 5 heteroatoms. The molecule has 0 aliphatic heterocycles. The molecule has 1 heterocycles. The number of halogens is 2. The van der Waals surface area contributed by atoms with E-state index in [0.717, 1.165) is 6.07 Å². The summed E-state index contributed by atoms with van der Waals surface area (Å²) in [6.07, 6.45) is 0. The summed E-state index contributed by atoms with van der Waals surface area (Å²) in [7, 11) is 0. The van der Waals surface area contributed by atoms with E-state index in [1.165, 1.54) is 6.07 Å². The van der Waals surface area contributed by atoms with Gasteiger partial charge in [0.25, 0.3) is 0 Å². The average molecular weight is 234 g/mol. The van der Waals surface area contributed by atoms with Gasteiger partial charge in [-0.25, -0.2) is 8.78 Å². The minimum atomic E-state index is -0.988. The number of nitrogens with zero attached hydrogens (tertiary/aromatic N) is 2. The summed E-state index contributed by atoms with van der Waals surface area (Å²) in [5.74, 6) is -1.97. The molecule has 0 saturated carbocycles. The molecule has 3 nitrogen and oxygen atoms in total. The predicted molar refractivity (Wildman–Crippen MR) is 59.8 cm³/mol. The van der Waals surface area contributed by atoms with Gasteiger partial charge in [-0.15, -0.1) is 4.91 Å². The van der Waals surface area contributed by atoms with Gasteiger partial charge in [0.05, 0.1) is 5.69 Å². The first-order valence-corrected chi connectivity index (χ1v) is 4.89. The Kier molecular flexibility index (Phi) is 2.91. The number of hydrogen-bond acceptors (Lipinski definition) is 3. The maximum absolute atomic E-state index is 13.8. The number of benzene rings is 1. The summed E-state index contributed by atoms with van der Waals surface area (Å²) in [6.45, 7) is 1.75. The Balaban J connectivity index is 2.64. The topological polar surface area (TPSA) is 42.3 Å². The number of rotatable bonds is 2. The maximum atomic E-state index is 13.8. The largest absolute Gasteiger partial charge is 0.253 e. The molecule has 0 bridgehead atoms. The van der Waals surface area contributed by atoms with E-state index < -0.39 is 17.3 Å². The molecular formula is C12H8F2N2O. The van der Waals surface area contributed by atoms with E-state index in [2.05, 4.69) is 10.2 Å². The van der Waals surface area contributed by atoms with Gasteiger partial charge in [-0.1, -0.05) is 6.07 Å². The summed E-state index contributed by atoms with van der Waals surface area (Å²) in [6, 6.07) is 7.27. The molecule has 1 aromatic carbocycles. The van der Waals surface area contributed by atoms with E-state index in [1.807, 2.05) is 0 Å². The molecule has 0 unspecified atom stereocenters. The lowest BCUT2D eigenvalue weighted by Gasteiger charge is -2.05. The van der Waals surface area contributed by atoms with Crippen molar-refractivity contribution in [1.82, 2.24) is 4.98 Å². The second-order valence-corrected chi connectivity index (χ2v) is 3.51. The quantitative estimate of drug-likeness (QED) is 0.743. The Morgan fingerprint density at radius 2 is 1.94 bits per heavy atom. The first-order valence-electron chi connectivity index (χ1n) is 4.89. The third-order valence-electron chi connectivity index (χ3n) is 2.32. The number of aromatic nitrogens is 1. The van der Waals surface area contributed by atoms with Crippen LogP contribution in [0.1, 0.15) is 5.69 Å². The lowest BCUT2D eigenvalue weighted by atomic mass is 10.1. The van der Waals surface area contributed by atoms with Gasteiger partial charge in [-0.05, 0) is 36.4 Å². The molecule has 0 spiro atoms. The summed E-state index contributed by atoms with van der Waals surface area (Å²) in [5, 5.41) is 2.35. The Labute approximate surface area is 96.1 Å². The zero-order chi connectivity index (χ0) is 12.4. The number of pyridine rings is 1. The van der Waals surface area contributed by atoms with Crippen LogP contribution in [0.2, 0.25) is 0 Å². The molecule has 0 saturated heterocycles. The van der Waals surface area contributed by atoms with Gasteiger partial charge in [0, 0.05) is 11.3 Å². The summed E-state index contributed by atoms with van der Waals surface area (Å²) in [4.78, 5) is 14.5. The molecule has 1 aromatic heterocycles. The molecule has 0 atom stereocenters. The Morgan fingerprint density at radius 1 is 1.18 bits per heavy atom. The van der Waals surface area contributed by atoms with Gasteiger partial charge < -0.3 is 0 Å². The smallest absolute Gasteiger partial charge is 0.179 e. The van der Waals surface area contributed by atoms with Crippen molar-refractivity contribution in [3.05, 3.63) is 52.6 Å². The standard InChI is InChI=1S/C12H8F2N2O/c1-7-3-2-4-10(15-7)8-5-6-9(13)12(16-17)11(8)14/h2-6H,1H3. The first-order chi connectivity index (χ1) is 8.13. The zero-order valence-corrected chi connectivity index (χ0v) is 8.95. The highest BCUT2D eigenvalue weighted by molar-refractivity contribution is 5.65. The molecule has 0 N–H and O–H groups in total. The molecule has 2 aromatic rings. The van der Waals surface area contributed by atoms with Crippen molar-refractivity contribution in [3.63, 3.8) is 0 Å². The van der Waals surface area contributed by atoms with Crippen LogP contribution in [-0.2, 0) is 0 Å². The second kappa shape index (κ2) is 4.37. The molecule has 17 heavy (non-hydrogen) atoms. The molecule has 2 rings (SSSR count). The Hall–Kier alpha value is -2.17. The summed E-state index contributed by atoms with van der Waals surface area (Å²) < 4.78 is 26.8. The highest BCUT2D eigenvalue weighted by Crippen LogP contribution is 2.30. The minimum absolute atomic E-state index is 0.0599. The Morgan fingerprint density at radius 3 is 2.59 bits per heavy atom. The zero-order valence-electron chi connectivity index (χ0n) is 8.95.